The van der Waals surface area contributed by atoms with Crippen molar-refractivity contribution in [1.29, 1.82) is 0 Å². The van der Waals surface area contributed by atoms with Crippen LogP contribution in [0, 0.1) is 0 Å². The second-order valence-corrected chi connectivity index (χ2v) is 7.61. The van der Waals surface area contributed by atoms with E-state index in [1.54, 1.807) is 12.3 Å². The minimum Gasteiger partial charge on any atom is -0.386 e. The van der Waals surface area contributed by atoms with Gasteiger partial charge in [0.2, 0.25) is 0 Å². The predicted octanol–water partition coefficient (Wildman–Crippen LogP) is 2.68. The number of hydrogen-bond acceptors (Lipinski definition) is 3. The molecule has 1 atom stereocenters. The van der Waals surface area contributed by atoms with Gasteiger partial charge in [-0.25, -0.2) is 0 Å². The zero-order valence-corrected chi connectivity index (χ0v) is 12.4. The fraction of sp³-hybridized carbons (Fsp3) is 0.118. The van der Waals surface area contributed by atoms with Gasteiger partial charge < -0.3 is 9.67 Å². The van der Waals surface area contributed by atoms with Crippen molar-refractivity contribution < 1.29 is 9.67 Å². The molecule has 0 fully saturated rings. The van der Waals surface area contributed by atoms with Crippen molar-refractivity contribution in [2.45, 2.75) is 12.5 Å². The van der Waals surface area contributed by atoms with Crippen molar-refractivity contribution in [3.63, 3.8) is 0 Å². The van der Waals surface area contributed by atoms with Gasteiger partial charge >= 0.3 is 0 Å². The average Bonchev–Trinajstić information content (AvgIpc) is 2.56. The summed E-state index contributed by atoms with van der Waals surface area (Å²) in [7, 11) is -3.11. The molecule has 1 aliphatic heterocycles. The van der Waals surface area contributed by atoms with Gasteiger partial charge in [-0.1, -0.05) is 66.7 Å². The first-order chi connectivity index (χ1) is 10.2. The van der Waals surface area contributed by atoms with E-state index < -0.39 is 13.2 Å². The molecular formula is C17H16NO2P. The van der Waals surface area contributed by atoms with E-state index in [1.807, 2.05) is 60.7 Å². The SMILES string of the molecule is O=P(C1=NC=CCC1O)(c1ccccc1)c1ccccc1. The Morgan fingerprint density at radius 1 is 0.952 bits per heavy atom. The third kappa shape index (κ3) is 2.51. The van der Waals surface area contributed by atoms with Crippen LogP contribution in [0.2, 0.25) is 0 Å². The maximum absolute atomic E-state index is 13.9. The molecule has 4 heteroatoms. The van der Waals surface area contributed by atoms with E-state index in [4.69, 9.17) is 0 Å². The first-order valence-electron chi connectivity index (χ1n) is 6.85. The highest BCUT2D eigenvalue weighted by molar-refractivity contribution is 7.93. The molecule has 3 nitrogen and oxygen atoms in total. The Balaban J connectivity index is 2.24. The topological polar surface area (TPSA) is 49.7 Å². The van der Waals surface area contributed by atoms with Gasteiger partial charge in [0.05, 0.1) is 0 Å². The molecule has 21 heavy (non-hydrogen) atoms. The summed E-state index contributed by atoms with van der Waals surface area (Å²) in [4.78, 5) is 4.26. The standard InChI is InChI=1S/C17H16NO2P/c19-16-12-7-13-18-17(16)21(20,14-8-3-1-4-9-14)15-10-5-2-6-11-15/h1-11,13,16,19H,12H2. The smallest absolute Gasteiger partial charge is 0.187 e. The summed E-state index contributed by atoms with van der Waals surface area (Å²) < 4.78 is 13.9. The van der Waals surface area contributed by atoms with Crippen LogP contribution in [-0.2, 0) is 4.57 Å². The first kappa shape index (κ1) is 14.0. The first-order valence-corrected chi connectivity index (χ1v) is 8.56. The van der Waals surface area contributed by atoms with Crippen molar-refractivity contribution >= 4 is 23.2 Å². The molecule has 2 aromatic carbocycles. The number of hydrogen-bond donors (Lipinski definition) is 1. The molecule has 1 N–H and O–H groups in total. The van der Waals surface area contributed by atoms with E-state index in [2.05, 4.69) is 4.99 Å². The molecule has 1 heterocycles. The van der Waals surface area contributed by atoms with Crippen molar-refractivity contribution in [2.24, 2.45) is 4.99 Å². The van der Waals surface area contributed by atoms with Gasteiger partial charge in [-0.2, -0.15) is 0 Å². The van der Waals surface area contributed by atoms with Crippen LogP contribution in [0.5, 0.6) is 0 Å². The van der Waals surface area contributed by atoms with E-state index in [1.165, 1.54) is 0 Å². The van der Waals surface area contributed by atoms with Crippen molar-refractivity contribution in [1.82, 2.24) is 0 Å². The Labute approximate surface area is 124 Å². The fourth-order valence-corrected chi connectivity index (χ4v) is 5.26. The molecule has 0 amide bonds. The highest BCUT2D eigenvalue weighted by atomic mass is 31.2. The molecule has 0 saturated carbocycles. The molecule has 0 radical (unpaired) electrons. The summed E-state index contributed by atoms with van der Waals surface area (Å²) in [5, 5.41) is 11.7. The van der Waals surface area contributed by atoms with Crippen molar-refractivity contribution in [3.8, 4) is 0 Å². The van der Waals surface area contributed by atoms with Crippen LogP contribution in [0.4, 0.5) is 0 Å². The third-order valence-electron chi connectivity index (χ3n) is 3.53. The van der Waals surface area contributed by atoms with Crippen LogP contribution in [-0.4, -0.2) is 16.7 Å². The number of rotatable bonds is 3. The largest absolute Gasteiger partial charge is 0.386 e. The third-order valence-corrected chi connectivity index (χ3v) is 6.64. The summed E-state index contributed by atoms with van der Waals surface area (Å²) in [6.45, 7) is 0. The molecule has 0 aromatic heterocycles. The Hall–Kier alpha value is -1.96. The number of aliphatic hydroxyl groups excluding tert-OH is 1. The van der Waals surface area contributed by atoms with E-state index in [9.17, 15) is 9.67 Å². The van der Waals surface area contributed by atoms with Gasteiger partial charge in [0.15, 0.2) is 7.14 Å². The van der Waals surface area contributed by atoms with Gasteiger partial charge in [-0.3, -0.25) is 4.99 Å². The van der Waals surface area contributed by atoms with Crippen molar-refractivity contribution in [3.05, 3.63) is 72.9 Å². The predicted molar refractivity (Wildman–Crippen MR) is 87.0 cm³/mol. The molecule has 0 saturated heterocycles. The molecule has 3 rings (SSSR count). The van der Waals surface area contributed by atoms with Crippen LogP contribution in [0.1, 0.15) is 6.42 Å². The summed E-state index contributed by atoms with van der Waals surface area (Å²) in [6.07, 6.45) is 3.05. The second kappa shape index (κ2) is 5.80. The highest BCUT2D eigenvalue weighted by Gasteiger charge is 2.37. The van der Waals surface area contributed by atoms with Crippen LogP contribution < -0.4 is 10.6 Å². The summed E-state index contributed by atoms with van der Waals surface area (Å²) in [5.74, 6) is 0. The minimum absolute atomic E-state index is 0.363. The Morgan fingerprint density at radius 2 is 1.48 bits per heavy atom. The zero-order valence-electron chi connectivity index (χ0n) is 11.5. The zero-order chi connectivity index (χ0) is 14.7. The van der Waals surface area contributed by atoms with Gasteiger partial charge in [-0.15, -0.1) is 0 Å². The molecule has 1 unspecified atom stereocenters. The van der Waals surface area contributed by atoms with Crippen LogP contribution in [0.15, 0.2) is 77.9 Å². The lowest BCUT2D eigenvalue weighted by Crippen LogP contribution is -2.31. The Morgan fingerprint density at radius 3 is 1.95 bits per heavy atom. The van der Waals surface area contributed by atoms with E-state index in [-0.39, 0.29) is 0 Å². The van der Waals surface area contributed by atoms with Gasteiger partial charge in [-0.05, 0) is 6.42 Å². The number of benzene rings is 2. The van der Waals surface area contributed by atoms with Crippen LogP contribution >= 0.6 is 7.14 Å². The highest BCUT2D eigenvalue weighted by Crippen LogP contribution is 2.47. The van der Waals surface area contributed by atoms with E-state index >= 15 is 0 Å². The molecule has 0 bridgehead atoms. The summed E-state index contributed by atoms with van der Waals surface area (Å²) in [6, 6.07) is 18.5. The van der Waals surface area contributed by atoms with Gasteiger partial charge in [0.1, 0.15) is 11.6 Å². The Bertz CT molecular complexity index is 679. The quantitative estimate of drug-likeness (QED) is 0.886. The number of aliphatic imine (C=N–C) groups is 1. The average molecular weight is 297 g/mol. The van der Waals surface area contributed by atoms with Gasteiger partial charge in [0.25, 0.3) is 0 Å². The monoisotopic (exact) mass is 297 g/mol. The van der Waals surface area contributed by atoms with Crippen molar-refractivity contribution in [2.75, 3.05) is 0 Å². The van der Waals surface area contributed by atoms with E-state index in [0.29, 0.717) is 22.5 Å². The molecule has 0 spiro atoms. The maximum Gasteiger partial charge on any atom is 0.187 e. The molecule has 2 aromatic rings. The molecule has 1 aliphatic rings. The van der Waals surface area contributed by atoms with Crippen LogP contribution in [0.25, 0.3) is 0 Å². The number of nitrogens with zero attached hydrogens (tertiary/aromatic N) is 1. The lowest BCUT2D eigenvalue weighted by atomic mass is 10.2. The maximum atomic E-state index is 13.9. The minimum atomic E-state index is -3.11. The number of aliphatic hydroxyl groups is 1. The van der Waals surface area contributed by atoms with Gasteiger partial charge in [0, 0.05) is 16.8 Å². The second-order valence-electron chi connectivity index (χ2n) is 4.90. The van der Waals surface area contributed by atoms with Crippen LogP contribution in [0.3, 0.4) is 0 Å². The Kier molecular flexibility index (Phi) is 3.87. The summed E-state index contributed by atoms with van der Waals surface area (Å²) in [5.41, 5.74) is 0.363. The molecule has 0 aliphatic carbocycles. The molecular weight excluding hydrogens is 281 g/mol. The normalized spacial score (nSPS) is 18.3. The lowest BCUT2D eigenvalue weighted by Gasteiger charge is -2.25. The molecule has 106 valence electrons. The van der Waals surface area contributed by atoms with E-state index in [0.717, 1.165) is 0 Å². The summed E-state index contributed by atoms with van der Waals surface area (Å²) >= 11 is 0. The lowest BCUT2D eigenvalue weighted by molar-refractivity contribution is 0.246. The fourth-order valence-electron chi connectivity index (χ4n) is 2.49.